The summed E-state index contributed by atoms with van der Waals surface area (Å²) in [6, 6.07) is 3.38. The molecule has 0 aliphatic carbocycles. The quantitative estimate of drug-likeness (QED) is 0.865. The van der Waals surface area contributed by atoms with Crippen LogP contribution >= 0.6 is 0 Å². The summed E-state index contributed by atoms with van der Waals surface area (Å²) in [6.07, 6.45) is -0.505. The lowest BCUT2D eigenvalue weighted by Gasteiger charge is -2.20. The molecule has 0 atom stereocenters. The van der Waals surface area contributed by atoms with Gasteiger partial charge in [0.05, 0.1) is 20.8 Å². The largest absolute Gasteiger partial charge is 0.508 e. The Morgan fingerprint density at radius 3 is 2.14 bits per heavy atom. The lowest BCUT2D eigenvalue weighted by atomic mass is 10.1. The molecule has 1 aromatic rings. The van der Waals surface area contributed by atoms with E-state index in [-0.39, 0.29) is 6.54 Å². The Balaban J connectivity index is 2.86. The maximum absolute atomic E-state index is 11.6. The van der Waals surface area contributed by atoms with Crippen molar-refractivity contribution in [1.29, 1.82) is 0 Å². The highest BCUT2D eigenvalue weighted by Crippen LogP contribution is 2.38. The van der Waals surface area contributed by atoms with Crippen LogP contribution in [-0.2, 0) is 11.3 Å². The summed E-state index contributed by atoms with van der Waals surface area (Å²) in [5, 5.41) is 2.65. The fourth-order valence-corrected chi connectivity index (χ4v) is 1.65. The van der Waals surface area contributed by atoms with Gasteiger partial charge in [0.25, 0.3) is 5.69 Å². The Labute approximate surface area is 124 Å². The van der Waals surface area contributed by atoms with Crippen LogP contribution in [-0.4, -0.2) is 25.9 Å². The zero-order chi connectivity index (χ0) is 16.0. The Morgan fingerprint density at radius 2 is 1.76 bits per heavy atom. The summed E-state index contributed by atoms with van der Waals surface area (Å²) in [5.74, 6) is 0.815. The number of methoxy groups -OCH3 is 2. The molecule has 1 rings (SSSR count). The maximum atomic E-state index is 11.6. The van der Waals surface area contributed by atoms with Crippen LogP contribution in [0.1, 0.15) is 26.3 Å². The molecular weight excluding hydrogens is 272 g/mol. The van der Waals surface area contributed by atoms with Crippen molar-refractivity contribution < 1.29 is 19.0 Å². The van der Waals surface area contributed by atoms with Crippen LogP contribution in [0.4, 0.5) is 10.5 Å². The number of carbonyl (C=O) groups excluding carboxylic acids is 1. The normalized spacial score (nSPS) is 10.5. The third-order valence-electron chi connectivity index (χ3n) is 2.49. The molecule has 0 aliphatic rings. The van der Waals surface area contributed by atoms with Crippen LogP contribution in [0.3, 0.4) is 0 Å². The molecule has 1 aromatic carbocycles. The summed E-state index contributed by atoms with van der Waals surface area (Å²) in [5.41, 5.74) is 0.510. The van der Waals surface area contributed by atoms with E-state index in [0.717, 1.165) is 5.56 Å². The number of benzene rings is 1. The standard InChI is InChI=1S/C15H20N2O4/c1-15(2,3)21-14(18)17-9-10-7-11(19-5)13(16-4)12(8-10)20-6/h7-8H,9H2,1-3,5-6H3,(H,17,18). The van der Waals surface area contributed by atoms with Crippen molar-refractivity contribution in [2.45, 2.75) is 32.9 Å². The van der Waals surface area contributed by atoms with Crippen LogP contribution in [0.5, 0.6) is 11.5 Å². The molecule has 114 valence electrons. The van der Waals surface area contributed by atoms with Crippen molar-refractivity contribution in [2.75, 3.05) is 14.2 Å². The highest BCUT2D eigenvalue weighted by Gasteiger charge is 2.17. The topological polar surface area (TPSA) is 61.2 Å². The molecule has 0 saturated carbocycles. The van der Waals surface area contributed by atoms with Gasteiger partial charge in [-0.05, 0) is 38.5 Å². The number of nitrogens with one attached hydrogen (secondary N) is 1. The van der Waals surface area contributed by atoms with Crippen molar-refractivity contribution in [3.8, 4) is 11.5 Å². The van der Waals surface area contributed by atoms with Gasteiger partial charge >= 0.3 is 6.09 Å². The van der Waals surface area contributed by atoms with Crippen LogP contribution in [0, 0.1) is 6.57 Å². The molecule has 6 heteroatoms. The first-order chi connectivity index (χ1) is 9.80. The zero-order valence-corrected chi connectivity index (χ0v) is 12.9. The number of ether oxygens (including phenoxy) is 3. The molecule has 0 aromatic heterocycles. The highest BCUT2D eigenvalue weighted by atomic mass is 16.6. The van der Waals surface area contributed by atoms with Gasteiger partial charge in [-0.15, -0.1) is 0 Å². The summed E-state index contributed by atoms with van der Waals surface area (Å²) in [4.78, 5) is 15.0. The van der Waals surface area contributed by atoms with E-state index in [1.165, 1.54) is 14.2 Å². The first kappa shape index (κ1) is 16.6. The number of hydrogen-bond acceptors (Lipinski definition) is 4. The molecule has 0 saturated heterocycles. The van der Waals surface area contributed by atoms with Gasteiger partial charge < -0.3 is 19.5 Å². The molecule has 1 N–H and O–H groups in total. The van der Waals surface area contributed by atoms with E-state index in [0.29, 0.717) is 17.2 Å². The molecule has 0 spiro atoms. The van der Waals surface area contributed by atoms with Crippen LogP contribution in [0.25, 0.3) is 4.85 Å². The van der Waals surface area contributed by atoms with Crippen molar-refractivity contribution in [1.82, 2.24) is 5.32 Å². The van der Waals surface area contributed by atoms with E-state index in [1.54, 1.807) is 32.9 Å². The number of alkyl carbamates (subject to hydrolysis) is 1. The predicted molar refractivity (Wildman–Crippen MR) is 78.9 cm³/mol. The van der Waals surface area contributed by atoms with Crippen molar-refractivity contribution in [3.05, 3.63) is 29.1 Å². The number of rotatable bonds is 4. The Bertz CT molecular complexity index is 531. The second-order valence-electron chi connectivity index (χ2n) is 5.32. The molecule has 1 amide bonds. The van der Waals surface area contributed by atoms with E-state index < -0.39 is 11.7 Å². The average Bonchev–Trinajstić information content (AvgIpc) is 2.41. The van der Waals surface area contributed by atoms with Crippen molar-refractivity contribution in [2.24, 2.45) is 0 Å². The number of hydrogen-bond donors (Lipinski definition) is 1. The van der Waals surface area contributed by atoms with Crippen LogP contribution < -0.4 is 14.8 Å². The molecule has 0 heterocycles. The molecular formula is C15H20N2O4. The minimum absolute atomic E-state index is 0.250. The number of nitrogens with zero attached hydrogens (tertiary/aromatic N) is 1. The summed E-state index contributed by atoms with van der Waals surface area (Å²) in [7, 11) is 2.96. The van der Waals surface area contributed by atoms with Crippen LogP contribution in [0.15, 0.2) is 12.1 Å². The molecule has 6 nitrogen and oxygen atoms in total. The Kier molecular flexibility index (Phi) is 5.42. The van der Waals surface area contributed by atoms with Gasteiger partial charge in [0.15, 0.2) is 0 Å². The van der Waals surface area contributed by atoms with Gasteiger partial charge in [-0.1, -0.05) is 0 Å². The number of carbonyl (C=O) groups is 1. The van der Waals surface area contributed by atoms with Crippen molar-refractivity contribution >= 4 is 11.8 Å². The fourth-order valence-electron chi connectivity index (χ4n) is 1.65. The second kappa shape index (κ2) is 6.84. The van der Waals surface area contributed by atoms with E-state index in [4.69, 9.17) is 20.8 Å². The third kappa shape index (κ3) is 4.88. The van der Waals surface area contributed by atoms with Gasteiger partial charge in [-0.2, -0.15) is 0 Å². The molecule has 0 bridgehead atoms. The third-order valence-corrected chi connectivity index (χ3v) is 2.49. The maximum Gasteiger partial charge on any atom is 0.407 e. The molecule has 0 fully saturated rings. The summed E-state index contributed by atoms with van der Waals surface area (Å²) < 4.78 is 15.5. The zero-order valence-electron chi connectivity index (χ0n) is 12.9. The number of amides is 1. The Hall–Kier alpha value is -2.42. The van der Waals surface area contributed by atoms with Gasteiger partial charge in [0, 0.05) is 6.54 Å². The SMILES string of the molecule is [C-]#[N+]c1c(OC)cc(CNC(=O)OC(C)(C)C)cc1OC. The minimum Gasteiger partial charge on any atom is -0.508 e. The van der Waals surface area contributed by atoms with Gasteiger partial charge in [-0.3, -0.25) is 0 Å². The van der Waals surface area contributed by atoms with Gasteiger partial charge in [-0.25, -0.2) is 9.64 Å². The molecule has 0 aliphatic heterocycles. The summed E-state index contributed by atoms with van der Waals surface area (Å²) in [6.45, 7) is 12.8. The predicted octanol–water partition coefficient (Wildman–Crippen LogP) is 3.28. The van der Waals surface area contributed by atoms with E-state index in [9.17, 15) is 4.79 Å². The lowest BCUT2D eigenvalue weighted by Crippen LogP contribution is -2.32. The smallest absolute Gasteiger partial charge is 0.407 e. The van der Waals surface area contributed by atoms with Gasteiger partial charge in [0.1, 0.15) is 17.1 Å². The fraction of sp³-hybridized carbons (Fsp3) is 0.467. The Morgan fingerprint density at radius 1 is 1.24 bits per heavy atom. The first-order valence-electron chi connectivity index (χ1n) is 6.40. The molecule has 0 unspecified atom stereocenters. The highest BCUT2D eigenvalue weighted by molar-refractivity contribution is 5.70. The first-order valence-corrected chi connectivity index (χ1v) is 6.40. The minimum atomic E-state index is -0.548. The van der Waals surface area contributed by atoms with Gasteiger partial charge in [0.2, 0.25) is 0 Å². The molecule has 0 radical (unpaired) electrons. The van der Waals surface area contributed by atoms with E-state index in [1.807, 2.05) is 0 Å². The molecule has 21 heavy (non-hydrogen) atoms. The van der Waals surface area contributed by atoms with E-state index in [2.05, 4.69) is 10.2 Å². The van der Waals surface area contributed by atoms with E-state index >= 15 is 0 Å². The second-order valence-corrected chi connectivity index (χ2v) is 5.32. The monoisotopic (exact) mass is 292 g/mol. The van der Waals surface area contributed by atoms with Crippen molar-refractivity contribution in [3.63, 3.8) is 0 Å². The van der Waals surface area contributed by atoms with Crippen LogP contribution in [0.2, 0.25) is 0 Å². The lowest BCUT2D eigenvalue weighted by molar-refractivity contribution is 0.0523. The average molecular weight is 292 g/mol. The summed E-state index contributed by atoms with van der Waals surface area (Å²) >= 11 is 0.